The summed E-state index contributed by atoms with van der Waals surface area (Å²) in [4.78, 5) is 23.5. The molecule has 68 valence electrons. The SMILES string of the molecule is CC1C(=O)NCCN1C(=O)NN. The fourth-order valence-corrected chi connectivity index (χ4v) is 1.14. The maximum Gasteiger partial charge on any atom is 0.332 e. The highest BCUT2D eigenvalue weighted by atomic mass is 16.2. The van der Waals surface area contributed by atoms with Gasteiger partial charge in [0, 0.05) is 13.1 Å². The molecule has 0 saturated carbocycles. The lowest BCUT2D eigenvalue weighted by Gasteiger charge is -2.31. The number of amides is 3. The number of hydrogen-bond acceptors (Lipinski definition) is 3. The number of carbonyl (C=O) groups is 2. The third kappa shape index (κ3) is 1.48. The van der Waals surface area contributed by atoms with Crippen LogP contribution in [0, 0.1) is 0 Å². The zero-order valence-electron chi connectivity index (χ0n) is 6.83. The van der Waals surface area contributed by atoms with Gasteiger partial charge in [-0.2, -0.15) is 0 Å². The fraction of sp³-hybridized carbons (Fsp3) is 0.667. The molecule has 1 aliphatic rings. The maximum absolute atomic E-state index is 11.1. The third-order valence-corrected chi connectivity index (χ3v) is 1.88. The van der Waals surface area contributed by atoms with E-state index in [-0.39, 0.29) is 5.91 Å². The molecular formula is C6H12N4O2. The number of rotatable bonds is 0. The largest absolute Gasteiger partial charge is 0.353 e. The van der Waals surface area contributed by atoms with Gasteiger partial charge >= 0.3 is 6.03 Å². The van der Waals surface area contributed by atoms with Crippen molar-refractivity contribution in [2.24, 2.45) is 5.84 Å². The molecule has 4 N–H and O–H groups in total. The summed E-state index contributed by atoms with van der Waals surface area (Å²) in [6, 6.07) is -0.861. The smallest absolute Gasteiger partial charge is 0.332 e. The van der Waals surface area contributed by atoms with E-state index in [1.54, 1.807) is 6.92 Å². The van der Waals surface area contributed by atoms with E-state index in [2.05, 4.69) is 5.32 Å². The lowest BCUT2D eigenvalue weighted by Crippen LogP contribution is -2.59. The third-order valence-electron chi connectivity index (χ3n) is 1.88. The molecule has 1 unspecified atom stereocenters. The second-order valence-corrected chi connectivity index (χ2v) is 2.61. The number of hydrogen-bond donors (Lipinski definition) is 3. The summed E-state index contributed by atoms with van der Waals surface area (Å²) in [5.41, 5.74) is 1.99. The molecule has 1 aliphatic heterocycles. The number of hydrazine groups is 1. The highest BCUT2D eigenvalue weighted by molar-refractivity contribution is 5.87. The second kappa shape index (κ2) is 3.40. The van der Waals surface area contributed by atoms with Crippen molar-refractivity contribution in [3.63, 3.8) is 0 Å². The van der Waals surface area contributed by atoms with Crippen LogP contribution in [0.3, 0.4) is 0 Å². The van der Waals surface area contributed by atoms with Gasteiger partial charge in [-0.25, -0.2) is 10.6 Å². The second-order valence-electron chi connectivity index (χ2n) is 2.61. The van der Waals surface area contributed by atoms with Crippen LogP contribution in [0.1, 0.15) is 6.92 Å². The molecule has 0 aromatic heterocycles. The van der Waals surface area contributed by atoms with Gasteiger partial charge in [-0.15, -0.1) is 0 Å². The van der Waals surface area contributed by atoms with Gasteiger partial charge in [0.15, 0.2) is 0 Å². The van der Waals surface area contributed by atoms with Crippen LogP contribution in [0.4, 0.5) is 4.79 Å². The topological polar surface area (TPSA) is 87.5 Å². The zero-order valence-corrected chi connectivity index (χ0v) is 6.83. The summed E-state index contributed by atoms with van der Waals surface area (Å²) >= 11 is 0. The highest BCUT2D eigenvalue weighted by Gasteiger charge is 2.28. The molecule has 1 rings (SSSR count). The van der Waals surface area contributed by atoms with Gasteiger partial charge < -0.3 is 10.2 Å². The van der Waals surface area contributed by atoms with E-state index in [9.17, 15) is 9.59 Å². The van der Waals surface area contributed by atoms with E-state index < -0.39 is 12.1 Å². The Hall–Kier alpha value is -1.30. The summed E-state index contributed by atoms with van der Waals surface area (Å²) in [6.07, 6.45) is 0. The summed E-state index contributed by atoms with van der Waals surface area (Å²) in [6.45, 7) is 2.64. The summed E-state index contributed by atoms with van der Waals surface area (Å²) < 4.78 is 0. The van der Waals surface area contributed by atoms with Crippen LogP contribution >= 0.6 is 0 Å². The number of piperazine rings is 1. The first-order valence-corrected chi connectivity index (χ1v) is 3.71. The van der Waals surface area contributed by atoms with E-state index in [4.69, 9.17) is 5.84 Å². The van der Waals surface area contributed by atoms with Gasteiger partial charge in [-0.05, 0) is 6.92 Å². The average molecular weight is 172 g/mol. The van der Waals surface area contributed by atoms with Crippen LogP contribution in [0.15, 0.2) is 0 Å². The van der Waals surface area contributed by atoms with Crippen LogP contribution in [0.2, 0.25) is 0 Å². The van der Waals surface area contributed by atoms with Crippen molar-refractivity contribution in [1.29, 1.82) is 0 Å². The van der Waals surface area contributed by atoms with Crippen LogP contribution < -0.4 is 16.6 Å². The lowest BCUT2D eigenvalue weighted by atomic mass is 10.2. The molecule has 0 aromatic carbocycles. The fourth-order valence-electron chi connectivity index (χ4n) is 1.14. The Labute approximate surface area is 70.1 Å². The lowest BCUT2D eigenvalue weighted by molar-refractivity contribution is -0.126. The van der Waals surface area contributed by atoms with Crippen LogP contribution in [0.25, 0.3) is 0 Å². The number of urea groups is 1. The molecule has 0 bridgehead atoms. The number of nitrogens with two attached hydrogens (primary N) is 1. The summed E-state index contributed by atoms with van der Waals surface area (Å²) in [7, 11) is 0. The first-order valence-electron chi connectivity index (χ1n) is 3.71. The summed E-state index contributed by atoms with van der Waals surface area (Å²) in [5.74, 6) is 4.79. The number of nitrogens with zero attached hydrogens (tertiary/aromatic N) is 1. The van der Waals surface area contributed by atoms with Crippen molar-refractivity contribution in [2.75, 3.05) is 13.1 Å². The van der Waals surface area contributed by atoms with Gasteiger partial charge in [0.25, 0.3) is 0 Å². The monoisotopic (exact) mass is 172 g/mol. The quantitative estimate of drug-likeness (QED) is 0.233. The molecule has 3 amide bonds. The Morgan fingerprint density at radius 2 is 2.50 bits per heavy atom. The van der Waals surface area contributed by atoms with Gasteiger partial charge in [-0.1, -0.05) is 0 Å². The molecule has 1 atom stereocenters. The normalized spacial score (nSPS) is 23.3. The molecule has 0 spiro atoms. The zero-order chi connectivity index (χ0) is 9.14. The molecule has 1 fully saturated rings. The molecule has 0 radical (unpaired) electrons. The number of nitrogens with one attached hydrogen (secondary N) is 2. The Bertz CT molecular complexity index is 206. The van der Waals surface area contributed by atoms with Crippen molar-refractivity contribution in [3.05, 3.63) is 0 Å². The molecule has 1 heterocycles. The first kappa shape index (κ1) is 8.79. The number of carbonyl (C=O) groups excluding carboxylic acids is 2. The van der Waals surface area contributed by atoms with E-state index >= 15 is 0 Å². The average Bonchev–Trinajstić information content (AvgIpc) is 2.08. The van der Waals surface area contributed by atoms with Crippen LogP contribution in [-0.4, -0.2) is 36.0 Å². The standard InChI is InChI=1S/C6H12N4O2/c1-4-5(11)8-2-3-10(4)6(12)9-7/h4H,2-3,7H2,1H3,(H,8,11)(H,9,12). The van der Waals surface area contributed by atoms with Crippen molar-refractivity contribution >= 4 is 11.9 Å². The highest BCUT2D eigenvalue weighted by Crippen LogP contribution is 2.02. The predicted molar refractivity (Wildman–Crippen MR) is 41.9 cm³/mol. The molecule has 6 nitrogen and oxygen atoms in total. The molecule has 6 heteroatoms. The van der Waals surface area contributed by atoms with Gasteiger partial charge in [0.05, 0.1) is 0 Å². The Morgan fingerprint density at radius 1 is 1.83 bits per heavy atom. The van der Waals surface area contributed by atoms with Gasteiger partial charge in [-0.3, -0.25) is 10.2 Å². The van der Waals surface area contributed by atoms with Crippen LogP contribution in [-0.2, 0) is 4.79 Å². The van der Waals surface area contributed by atoms with Crippen molar-refractivity contribution in [2.45, 2.75) is 13.0 Å². The van der Waals surface area contributed by atoms with Crippen molar-refractivity contribution < 1.29 is 9.59 Å². The van der Waals surface area contributed by atoms with E-state index in [0.717, 1.165) is 0 Å². The molecule has 0 aromatic rings. The Kier molecular flexibility index (Phi) is 2.49. The maximum atomic E-state index is 11.1. The van der Waals surface area contributed by atoms with Crippen molar-refractivity contribution in [3.8, 4) is 0 Å². The predicted octanol–water partition coefficient (Wildman–Crippen LogP) is -1.61. The van der Waals surface area contributed by atoms with E-state index in [1.807, 2.05) is 5.43 Å². The van der Waals surface area contributed by atoms with Gasteiger partial charge in [0.2, 0.25) is 5.91 Å². The molecule has 12 heavy (non-hydrogen) atoms. The summed E-state index contributed by atoms with van der Waals surface area (Å²) in [5, 5.41) is 2.64. The molecular weight excluding hydrogens is 160 g/mol. The van der Waals surface area contributed by atoms with Gasteiger partial charge in [0.1, 0.15) is 6.04 Å². The minimum atomic E-state index is -0.442. The van der Waals surface area contributed by atoms with Crippen molar-refractivity contribution in [1.82, 2.24) is 15.6 Å². The minimum absolute atomic E-state index is 0.148. The molecule has 1 saturated heterocycles. The minimum Gasteiger partial charge on any atom is -0.353 e. The Balaban J connectivity index is 2.63. The van der Waals surface area contributed by atoms with E-state index in [0.29, 0.717) is 13.1 Å². The first-order chi connectivity index (χ1) is 5.66. The van der Waals surface area contributed by atoms with E-state index in [1.165, 1.54) is 4.90 Å². The van der Waals surface area contributed by atoms with Crippen LogP contribution in [0.5, 0.6) is 0 Å². The Morgan fingerprint density at radius 3 is 3.08 bits per heavy atom. The molecule has 0 aliphatic carbocycles.